The normalized spacial score (nSPS) is 26.0. The maximum atomic E-state index is 12.3. The van der Waals surface area contributed by atoms with Crippen LogP contribution in [-0.2, 0) is 11.3 Å². The van der Waals surface area contributed by atoms with Crippen LogP contribution in [0.2, 0.25) is 0 Å². The molecule has 1 aliphatic carbocycles. The van der Waals surface area contributed by atoms with Crippen LogP contribution in [0.3, 0.4) is 0 Å². The molecule has 2 N–H and O–H groups in total. The topological polar surface area (TPSA) is 41.1 Å². The Balaban J connectivity index is 1.76. The lowest BCUT2D eigenvalue weighted by Crippen LogP contribution is -2.39. The first kappa shape index (κ1) is 22.9. The fourth-order valence-electron chi connectivity index (χ4n) is 5.67. The van der Waals surface area contributed by atoms with E-state index in [2.05, 4.69) is 64.3 Å². The summed E-state index contributed by atoms with van der Waals surface area (Å²) in [5.74, 6) is 3.71. The van der Waals surface area contributed by atoms with E-state index in [9.17, 15) is 4.79 Å². The summed E-state index contributed by atoms with van der Waals surface area (Å²) in [4.78, 5) is 12.3. The van der Waals surface area contributed by atoms with Crippen LogP contribution in [0.1, 0.15) is 72.8 Å². The largest absolute Gasteiger partial charge is 0.344 e. The average molecular weight is 387 g/mol. The van der Waals surface area contributed by atoms with Gasteiger partial charge in [-0.1, -0.05) is 71.9 Å². The lowest BCUT2D eigenvalue weighted by Gasteiger charge is -2.45. The molecular weight excluding hydrogens is 344 g/mol. The van der Waals surface area contributed by atoms with Gasteiger partial charge < -0.3 is 5.32 Å². The SMILES string of the molecule is CC(C)C1CCC(C(C)CCC(=O)NCNCc2ccccc2)C1(C)C(C)C. The van der Waals surface area contributed by atoms with Crippen LogP contribution in [0.25, 0.3) is 0 Å². The van der Waals surface area contributed by atoms with Crippen molar-refractivity contribution in [2.45, 2.75) is 73.8 Å². The minimum atomic E-state index is 0.164. The van der Waals surface area contributed by atoms with Crippen molar-refractivity contribution in [2.24, 2.45) is 35.0 Å². The highest BCUT2D eigenvalue weighted by atomic mass is 16.1. The maximum absolute atomic E-state index is 12.3. The van der Waals surface area contributed by atoms with Gasteiger partial charge in [-0.15, -0.1) is 0 Å². The molecule has 0 spiro atoms. The quantitative estimate of drug-likeness (QED) is 0.405. The van der Waals surface area contributed by atoms with E-state index in [0.29, 0.717) is 30.3 Å². The van der Waals surface area contributed by atoms with E-state index in [4.69, 9.17) is 0 Å². The second-order valence-electron chi connectivity index (χ2n) is 9.76. The monoisotopic (exact) mass is 386 g/mol. The first-order valence-electron chi connectivity index (χ1n) is 11.3. The van der Waals surface area contributed by atoms with Gasteiger partial charge in [-0.25, -0.2) is 0 Å². The summed E-state index contributed by atoms with van der Waals surface area (Å²) in [6.45, 7) is 15.8. The Morgan fingerprint density at radius 3 is 2.32 bits per heavy atom. The number of hydrogen-bond donors (Lipinski definition) is 2. The standard InChI is InChI=1S/C25H42N2O/c1-18(2)22-13-14-23(25(22,6)19(3)4)20(5)12-15-24(28)27-17-26-16-21-10-8-7-9-11-21/h7-11,18-20,22-23,26H,12-17H2,1-6H3,(H,27,28). The molecule has 1 aliphatic rings. The van der Waals surface area contributed by atoms with Crippen molar-refractivity contribution < 1.29 is 4.79 Å². The number of carbonyl (C=O) groups is 1. The molecule has 4 unspecified atom stereocenters. The molecule has 4 atom stereocenters. The van der Waals surface area contributed by atoms with Gasteiger partial charge in [0.25, 0.3) is 0 Å². The first-order valence-corrected chi connectivity index (χ1v) is 11.3. The van der Waals surface area contributed by atoms with Crippen molar-refractivity contribution in [2.75, 3.05) is 6.67 Å². The zero-order valence-electron chi connectivity index (χ0n) is 18.9. The average Bonchev–Trinajstić information content (AvgIpc) is 3.03. The molecule has 2 rings (SSSR count). The van der Waals surface area contributed by atoms with Crippen LogP contribution in [0, 0.1) is 35.0 Å². The Kier molecular flexibility index (Phi) is 8.55. The Hall–Kier alpha value is -1.35. The molecule has 0 bridgehead atoms. The van der Waals surface area contributed by atoms with Gasteiger partial charge in [0, 0.05) is 13.0 Å². The molecule has 0 saturated heterocycles. The molecule has 0 heterocycles. The lowest BCUT2D eigenvalue weighted by atomic mass is 9.60. The van der Waals surface area contributed by atoms with Gasteiger partial charge in [-0.3, -0.25) is 10.1 Å². The summed E-state index contributed by atoms with van der Waals surface area (Å²) >= 11 is 0. The van der Waals surface area contributed by atoms with Gasteiger partial charge in [-0.05, 0) is 59.8 Å². The van der Waals surface area contributed by atoms with Gasteiger partial charge in [0.1, 0.15) is 0 Å². The summed E-state index contributed by atoms with van der Waals surface area (Å²) in [5, 5.41) is 6.31. The van der Waals surface area contributed by atoms with Crippen LogP contribution in [0.4, 0.5) is 0 Å². The zero-order valence-corrected chi connectivity index (χ0v) is 18.9. The second-order valence-corrected chi connectivity index (χ2v) is 9.76. The second kappa shape index (κ2) is 10.4. The van der Waals surface area contributed by atoms with Gasteiger partial charge in [0.15, 0.2) is 0 Å². The molecule has 1 fully saturated rings. The molecule has 0 radical (unpaired) electrons. The molecule has 3 nitrogen and oxygen atoms in total. The molecule has 3 heteroatoms. The number of nitrogens with one attached hydrogen (secondary N) is 2. The van der Waals surface area contributed by atoms with E-state index < -0.39 is 0 Å². The molecule has 158 valence electrons. The summed E-state index contributed by atoms with van der Waals surface area (Å²) in [5.41, 5.74) is 1.63. The molecule has 28 heavy (non-hydrogen) atoms. The number of carbonyl (C=O) groups excluding carboxylic acids is 1. The lowest BCUT2D eigenvalue weighted by molar-refractivity contribution is -0.121. The Labute approximate surface area is 173 Å². The summed E-state index contributed by atoms with van der Waals surface area (Å²) in [7, 11) is 0. The van der Waals surface area contributed by atoms with Gasteiger partial charge in [0.05, 0.1) is 6.67 Å². The molecule has 1 saturated carbocycles. The van der Waals surface area contributed by atoms with E-state index in [1.807, 2.05) is 18.2 Å². The van der Waals surface area contributed by atoms with Crippen molar-refractivity contribution in [1.82, 2.24) is 10.6 Å². The Bertz CT molecular complexity index is 598. The Morgan fingerprint density at radius 1 is 1.07 bits per heavy atom. The van der Waals surface area contributed by atoms with E-state index in [0.717, 1.165) is 30.7 Å². The number of rotatable bonds is 10. The highest BCUT2D eigenvalue weighted by Crippen LogP contribution is 2.57. The minimum Gasteiger partial charge on any atom is -0.344 e. The predicted octanol–water partition coefficient (Wildman–Crippen LogP) is 5.61. The molecular formula is C25H42N2O. The highest BCUT2D eigenvalue weighted by molar-refractivity contribution is 5.75. The summed E-state index contributed by atoms with van der Waals surface area (Å²) in [6, 6.07) is 10.3. The molecule has 0 aromatic heterocycles. The van der Waals surface area contributed by atoms with Crippen molar-refractivity contribution in [3.8, 4) is 0 Å². The molecule has 1 amide bonds. The van der Waals surface area contributed by atoms with Gasteiger partial charge >= 0.3 is 0 Å². The maximum Gasteiger partial charge on any atom is 0.220 e. The molecule has 1 aromatic carbocycles. The number of amides is 1. The van der Waals surface area contributed by atoms with Crippen molar-refractivity contribution in [3.63, 3.8) is 0 Å². The Morgan fingerprint density at radius 2 is 1.71 bits per heavy atom. The van der Waals surface area contributed by atoms with Gasteiger partial charge in [0.2, 0.25) is 5.91 Å². The van der Waals surface area contributed by atoms with Crippen molar-refractivity contribution in [3.05, 3.63) is 35.9 Å². The molecule has 1 aromatic rings. The third kappa shape index (κ3) is 5.59. The van der Waals surface area contributed by atoms with Crippen LogP contribution >= 0.6 is 0 Å². The zero-order chi connectivity index (χ0) is 20.7. The third-order valence-electron chi connectivity index (χ3n) is 7.53. The van der Waals surface area contributed by atoms with Crippen molar-refractivity contribution in [1.29, 1.82) is 0 Å². The smallest absolute Gasteiger partial charge is 0.220 e. The summed E-state index contributed by atoms with van der Waals surface area (Å²) < 4.78 is 0. The van der Waals surface area contributed by atoms with E-state index in [1.165, 1.54) is 18.4 Å². The minimum absolute atomic E-state index is 0.164. The number of hydrogen-bond acceptors (Lipinski definition) is 2. The fourth-order valence-corrected chi connectivity index (χ4v) is 5.67. The van der Waals surface area contributed by atoms with E-state index in [1.54, 1.807) is 0 Å². The fraction of sp³-hybridized carbons (Fsp3) is 0.720. The third-order valence-corrected chi connectivity index (χ3v) is 7.53. The van der Waals surface area contributed by atoms with Crippen LogP contribution in [0.5, 0.6) is 0 Å². The van der Waals surface area contributed by atoms with Crippen molar-refractivity contribution >= 4 is 5.91 Å². The van der Waals surface area contributed by atoms with Crippen LogP contribution < -0.4 is 10.6 Å². The van der Waals surface area contributed by atoms with Crippen LogP contribution in [0.15, 0.2) is 30.3 Å². The van der Waals surface area contributed by atoms with Gasteiger partial charge in [-0.2, -0.15) is 0 Å². The van der Waals surface area contributed by atoms with E-state index >= 15 is 0 Å². The molecule has 0 aliphatic heterocycles. The first-order chi connectivity index (χ1) is 13.3. The predicted molar refractivity (Wildman–Crippen MR) is 119 cm³/mol. The van der Waals surface area contributed by atoms with E-state index in [-0.39, 0.29) is 5.91 Å². The number of benzene rings is 1. The highest BCUT2D eigenvalue weighted by Gasteiger charge is 2.50. The van der Waals surface area contributed by atoms with Crippen LogP contribution in [-0.4, -0.2) is 12.6 Å². The summed E-state index contributed by atoms with van der Waals surface area (Å²) in [6.07, 6.45) is 4.28.